The zero-order chi connectivity index (χ0) is 27.9. The van der Waals surface area contributed by atoms with Crippen LogP contribution < -0.4 is 5.32 Å². The van der Waals surface area contributed by atoms with Crippen LogP contribution >= 0.6 is 0 Å². The lowest BCUT2D eigenvalue weighted by molar-refractivity contribution is -0.138. The normalized spacial score (nSPS) is 28.1. The van der Waals surface area contributed by atoms with Crippen LogP contribution in [0.5, 0.6) is 0 Å². The monoisotopic (exact) mass is 516 g/mol. The number of carboxylic acids is 3. The Kier molecular flexibility index (Phi) is 16.8. The molecule has 0 saturated carbocycles. The Morgan fingerprint density at radius 3 is 0.972 bits per heavy atom. The van der Waals surface area contributed by atoms with Gasteiger partial charge in [0, 0.05) is 70.5 Å². The smallest absolute Gasteiger partial charge is 0.304 e. The Bertz CT molecular complexity index is 579. The van der Waals surface area contributed by atoms with Crippen LogP contribution in [0.15, 0.2) is 0 Å². The summed E-state index contributed by atoms with van der Waals surface area (Å²) >= 11 is 0. The van der Waals surface area contributed by atoms with Crippen molar-refractivity contribution in [3.63, 3.8) is 0 Å². The number of hydrogen-bond acceptors (Lipinski definition) is 7. The third kappa shape index (κ3) is 25.3. The first kappa shape index (κ1) is 34.2. The molecule has 6 unspecified atom stereocenters. The van der Waals surface area contributed by atoms with Crippen molar-refractivity contribution in [1.82, 2.24) is 20.0 Å². The molecule has 4 fully saturated rings. The maximum Gasteiger partial charge on any atom is 0.304 e. The fraction of sp³-hybridized carbons (Fsp3) is 0.885. The lowest BCUT2D eigenvalue weighted by atomic mass is 9.94. The molecule has 0 amide bonds. The number of hydrogen-bond donors (Lipinski definition) is 4. The van der Waals surface area contributed by atoms with Gasteiger partial charge < -0.3 is 20.6 Å². The SMILES string of the molecule is C1CN1.CC1CN1CCC(=O)O.CC1CN1CCC(=O)O.CC1CN1CCC(=O)O.CCC(C)(C)C. The first-order valence-corrected chi connectivity index (χ1v) is 13.2. The number of nitrogens with zero attached hydrogens (tertiary/aromatic N) is 3. The van der Waals surface area contributed by atoms with Crippen molar-refractivity contribution < 1.29 is 29.7 Å². The van der Waals surface area contributed by atoms with E-state index in [0.29, 0.717) is 23.5 Å². The summed E-state index contributed by atoms with van der Waals surface area (Å²) in [6.45, 7) is 23.1. The van der Waals surface area contributed by atoms with Crippen LogP contribution in [-0.4, -0.2) is 118 Å². The molecular formula is C26H52N4O6. The van der Waals surface area contributed by atoms with Gasteiger partial charge in [0.1, 0.15) is 0 Å². The molecule has 6 atom stereocenters. The summed E-state index contributed by atoms with van der Waals surface area (Å²) in [6.07, 6.45) is 2.12. The van der Waals surface area contributed by atoms with Crippen LogP contribution in [0.2, 0.25) is 0 Å². The van der Waals surface area contributed by atoms with Crippen molar-refractivity contribution in [2.75, 3.05) is 52.4 Å². The second-order valence-corrected chi connectivity index (χ2v) is 11.1. The minimum atomic E-state index is -0.700. The number of carboxylic acid groups (broad SMARTS) is 3. The van der Waals surface area contributed by atoms with Crippen LogP contribution in [0, 0.1) is 5.41 Å². The third-order valence-corrected chi connectivity index (χ3v) is 6.11. The van der Waals surface area contributed by atoms with E-state index in [0.717, 1.165) is 39.3 Å². The highest BCUT2D eigenvalue weighted by atomic mass is 16.4. The van der Waals surface area contributed by atoms with E-state index in [-0.39, 0.29) is 19.3 Å². The fourth-order valence-electron chi connectivity index (χ4n) is 2.53. The highest BCUT2D eigenvalue weighted by Gasteiger charge is 2.29. The van der Waals surface area contributed by atoms with Gasteiger partial charge in [-0.25, -0.2) is 0 Å². The molecule has 0 bridgehead atoms. The first-order valence-electron chi connectivity index (χ1n) is 13.2. The van der Waals surface area contributed by atoms with Gasteiger partial charge in [-0.3, -0.25) is 29.1 Å². The summed E-state index contributed by atoms with van der Waals surface area (Å²) in [5.41, 5.74) is 0.542. The minimum Gasteiger partial charge on any atom is -0.481 e. The van der Waals surface area contributed by atoms with Crippen LogP contribution in [0.25, 0.3) is 0 Å². The van der Waals surface area contributed by atoms with Crippen molar-refractivity contribution in [3.05, 3.63) is 0 Å². The van der Waals surface area contributed by atoms with Crippen LogP contribution in [-0.2, 0) is 14.4 Å². The molecule has 4 aliphatic rings. The fourth-order valence-corrected chi connectivity index (χ4v) is 2.53. The van der Waals surface area contributed by atoms with Crippen LogP contribution in [0.3, 0.4) is 0 Å². The lowest BCUT2D eigenvalue weighted by Crippen LogP contribution is -2.07. The Morgan fingerprint density at radius 1 is 0.694 bits per heavy atom. The Morgan fingerprint density at radius 2 is 0.889 bits per heavy atom. The van der Waals surface area contributed by atoms with E-state index in [1.54, 1.807) is 0 Å². The maximum atomic E-state index is 10.0. The molecule has 4 N–H and O–H groups in total. The second-order valence-electron chi connectivity index (χ2n) is 11.1. The molecule has 36 heavy (non-hydrogen) atoms. The minimum absolute atomic E-state index is 0.282. The van der Waals surface area contributed by atoms with E-state index in [1.165, 1.54) is 19.5 Å². The van der Waals surface area contributed by atoms with Crippen LogP contribution in [0.4, 0.5) is 0 Å². The van der Waals surface area contributed by atoms with E-state index >= 15 is 0 Å². The molecular weight excluding hydrogens is 464 g/mol. The zero-order valence-electron chi connectivity index (χ0n) is 23.6. The topological polar surface area (TPSA) is 143 Å². The molecule has 4 rings (SSSR count). The van der Waals surface area contributed by atoms with Crippen LogP contribution in [0.1, 0.15) is 74.1 Å². The van der Waals surface area contributed by atoms with Gasteiger partial charge in [-0.15, -0.1) is 0 Å². The highest BCUT2D eigenvalue weighted by Crippen LogP contribution is 2.17. The van der Waals surface area contributed by atoms with Gasteiger partial charge in [0.2, 0.25) is 0 Å². The molecule has 4 heterocycles. The highest BCUT2D eigenvalue weighted by molar-refractivity contribution is 5.67. The van der Waals surface area contributed by atoms with Gasteiger partial charge in [-0.1, -0.05) is 34.1 Å². The Balaban J connectivity index is 0.000000440. The number of aliphatic carboxylic acids is 3. The molecule has 212 valence electrons. The van der Waals surface area contributed by atoms with Gasteiger partial charge in [-0.2, -0.15) is 0 Å². The third-order valence-electron chi connectivity index (χ3n) is 6.11. The van der Waals surface area contributed by atoms with E-state index in [9.17, 15) is 14.4 Å². The van der Waals surface area contributed by atoms with Crippen molar-refractivity contribution in [3.8, 4) is 0 Å². The quantitative estimate of drug-likeness (QED) is 0.338. The average Bonchev–Trinajstić information content (AvgIpc) is 3.58. The second kappa shape index (κ2) is 17.7. The number of carbonyl (C=O) groups is 3. The van der Waals surface area contributed by atoms with Gasteiger partial charge in [0.25, 0.3) is 0 Å². The number of nitrogens with one attached hydrogen (secondary N) is 1. The molecule has 4 aliphatic heterocycles. The van der Waals surface area contributed by atoms with Crippen molar-refractivity contribution in [2.24, 2.45) is 5.41 Å². The van der Waals surface area contributed by atoms with Gasteiger partial charge in [0.15, 0.2) is 0 Å². The van der Waals surface area contributed by atoms with Crippen molar-refractivity contribution >= 4 is 17.9 Å². The van der Waals surface area contributed by atoms with E-state index in [1.807, 2.05) is 0 Å². The first-order chi connectivity index (χ1) is 16.7. The van der Waals surface area contributed by atoms with Crippen molar-refractivity contribution in [2.45, 2.75) is 92.3 Å². The molecule has 10 nitrogen and oxygen atoms in total. The standard InChI is InChI=1S/3C6H11NO2.C6H14.C2H5N/c3*1-5-4-7(5)3-2-6(8)9;1-5-6(2,3)4;1-2-3-1/h3*5H,2-4H2,1H3,(H,8,9);5H2,1-4H3;3H,1-2H2. The summed E-state index contributed by atoms with van der Waals surface area (Å²) in [7, 11) is 0. The van der Waals surface area contributed by atoms with Gasteiger partial charge >= 0.3 is 17.9 Å². The summed E-state index contributed by atoms with van der Waals surface area (Å²) < 4.78 is 0. The average molecular weight is 517 g/mol. The zero-order valence-corrected chi connectivity index (χ0v) is 23.6. The summed E-state index contributed by atoms with van der Waals surface area (Å²) in [6, 6.07) is 1.89. The molecule has 0 spiro atoms. The van der Waals surface area contributed by atoms with Gasteiger partial charge in [-0.05, 0) is 26.2 Å². The van der Waals surface area contributed by atoms with Gasteiger partial charge in [0.05, 0.1) is 19.3 Å². The van der Waals surface area contributed by atoms with E-state index in [2.05, 4.69) is 68.5 Å². The van der Waals surface area contributed by atoms with Crippen molar-refractivity contribution in [1.29, 1.82) is 0 Å². The largest absolute Gasteiger partial charge is 0.481 e. The Labute approximate surface area is 218 Å². The predicted molar refractivity (Wildman–Crippen MR) is 142 cm³/mol. The van der Waals surface area contributed by atoms with E-state index in [4.69, 9.17) is 15.3 Å². The lowest BCUT2D eigenvalue weighted by Gasteiger charge is -2.12. The molecule has 0 aliphatic carbocycles. The summed E-state index contributed by atoms with van der Waals surface area (Å²) in [5.74, 6) is -2.10. The predicted octanol–water partition coefficient (Wildman–Crippen LogP) is 2.53. The molecule has 0 aromatic carbocycles. The molecule has 0 aromatic heterocycles. The molecule has 10 heteroatoms. The summed E-state index contributed by atoms with van der Waals surface area (Å²) in [4.78, 5) is 36.4. The van der Waals surface area contributed by atoms with E-state index < -0.39 is 17.9 Å². The Hall–Kier alpha value is -1.75. The molecule has 0 aromatic rings. The number of rotatable bonds is 9. The summed E-state index contributed by atoms with van der Waals surface area (Å²) in [5, 5.41) is 27.7. The molecule has 4 saturated heterocycles. The maximum absolute atomic E-state index is 10.0. The molecule has 0 radical (unpaired) electrons.